The summed E-state index contributed by atoms with van der Waals surface area (Å²) >= 11 is 0. The standard InChI is InChI=1S/C17H23NO5/c1-20-14-6-5-12(9-15(14)21-2)16(19)18-10-13-11-22-17(23-13)7-3-4-8-17/h5-6,9,13H,3-4,7-8,10-11H2,1-2H3,(H,18,19)/t13-/m0/s1. The van der Waals surface area contributed by atoms with Crippen molar-refractivity contribution in [3.05, 3.63) is 23.8 Å². The van der Waals surface area contributed by atoms with E-state index in [-0.39, 0.29) is 12.0 Å². The summed E-state index contributed by atoms with van der Waals surface area (Å²) in [5, 5.41) is 2.90. The van der Waals surface area contributed by atoms with Crippen LogP contribution in [0.3, 0.4) is 0 Å². The van der Waals surface area contributed by atoms with Crippen LogP contribution in [0.25, 0.3) is 0 Å². The predicted octanol–water partition coefficient (Wildman–Crippen LogP) is 2.12. The Morgan fingerprint density at radius 1 is 1.26 bits per heavy atom. The molecule has 0 radical (unpaired) electrons. The van der Waals surface area contributed by atoms with Crippen molar-refractivity contribution in [1.29, 1.82) is 0 Å². The molecule has 1 saturated heterocycles. The van der Waals surface area contributed by atoms with Crippen LogP contribution in [0.5, 0.6) is 11.5 Å². The van der Waals surface area contributed by atoms with Gasteiger partial charge in [-0.2, -0.15) is 0 Å². The Morgan fingerprint density at radius 3 is 2.70 bits per heavy atom. The van der Waals surface area contributed by atoms with Crippen LogP contribution < -0.4 is 14.8 Å². The number of hydrogen-bond donors (Lipinski definition) is 1. The van der Waals surface area contributed by atoms with E-state index in [2.05, 4.69) is 5.32 Å². The highest BCUT2D eigenvalue weighted by atomic mass is 16.7. The summed E-state index contributed by atoms with van der Waals surface area (Å²) in [4.78, 5) is 12.3. The van der Waals surface area contributed by atoms with Gasteiger partial charge in [-0.05, 0) is 31.0 Å². The maximum Gasteiger partial charge on any atom is 0.251 e. The third-order valence-electron chi connectivity index (χ3n) is 4.42. The van der Waals surface area contributed by atoms with Crippen LogP contribution in [-0.2, 0) is 9.47 Å². The van der Waals surface area contributed by atoms with E-state index in [1.54, 1.807) is 32.4 Å². The molecule has 2 fully saturated rings. The number of carbonyl (C=O) groups is 1. The number of ether oxygens (including phenoxy) is 4. The fourth-order valence-electron chi connectivity index (χ4n) is 3.18. The third kappa shape index (κ3) is 3.43. The van der Waals surface area contributed by atoms with E-state index in [0.29, 0.717) is 30.2 Å². The van der Waals surface area contributed by atoms with Crippen molar-refractivity contribution in [3.63, 3.8) is 0 Å². The fourth-order valence-corrected chi connectivity index (χ4v) is 3.18. The zero-order valence-electron chi connectivity index (χ0n) is 13.6. The van der Waals surface area contributed by atoms with Crippen LogP contribution in [0, 0.1) is 0 Å². The summed E-state index contributed by atoms with van der Waals surface area (Å²) in [5.41, 5.74) is 0.525. The van der Waals surface area contributed by atoms with Crippen molar-refractivity contribution in [1.82, 2.24) is 5.32 Å². The second-order valence-electron chi connectivity index (χ2n) is 5.95. The minimum Gasteiger partial charge on any atom is -0.493 e. The molecule has 1 saturated carbocycles. The minimum absolute atomic E-state index is 0.0859. The van der Waals surface area contributed by atoms with Crippen molar-refractivity contribution in [2.24, 2.45) is 0 Å². The zero-order valence-corrected chi connectivity index (χ0v) is 13.6. The Kier molecular flexibility index (Phi) is 4.73. The molecular weight excluding hydrogens is 298 g/mol. The number of benzene rings is 1. The normalized spacial score (nSPS) is 22.3. The molecule has 1 atom stereocenters. The number of carbonyl (C=O) groups excluding carboxylic acids is 1. The SMILES string of the molecule is COc1ccc(C(=O)NC[C@H]2COC3(CCCC3)O2)cc1OC. The topological polar surface area (TPSA) is 66.0 Å². The first-order valence-corrected chi connectivity index (χ1v) is 7.98. The van der Waals surface area contributed by atoms with E-state index in [1.165, 1.54) is 0 Å². The molecule has 0 bridgehead atoms. The average Bonchev–Trinajstić information content (AvgIpc) is 3.22. The Morgan fingerprint density at radius 2 is 2.00 bits per heavy atom. The summed E-state index contributed by atoms with van der Waals surface area (Å²) in [5.74, 6) is 0.575. The lowest BCUT2D eigenvalue weighted by atomic mass is 10.2. The highest BCUT2D eigenvalue weighted by molar-refractivity contribution is 5.94. The summed E-state index contributed by atoms with van der Waals surface area (Å²) in [6.07, 6.45) is 4.10. The van der Waals surface area contributed by atoms with E-state index in [9.17, 15) is 4.79 Å². The zero-order chi connectivity index (χ0) is 16.3. The first-order valence-electron chi connectivity index (χ1n) is 7.98. The van der Waals surface area contributed by atoms with Crippen molar-refractivity contribution in [3.8, 4) is 11.5 Å². The summed E-state index contributed by atoms with van der Waals surface area (Å²) < 4.78 is 22.2. The molecule has 1 aromatic rings. The number of amides is 1. The van der Waals surface area contributed by atoms with Gasteiger partial charge in [-0.1, -0.05) is 0 Å². The van der Waals surface area contributed by atoms with Gasteiger partial charge in [0.05, 0.1) is 20.8 Å². The molecule has 6 nitrogen and oxygen atoms in total. The van der Waals surface area contributed by atoms with Gasteiger partial charge in [0.2, 0.25) is 0 Å². The maximum atomic E-state index is 12.3. The van der Waals surface area contributed by atoms with Gasteiger partial charge in [0.1, 0.15) is 6.10 Å². The molecule has 1 aromatic carbocycles. The lowest BCUT2D eigenvalue weighted by Crippen LogP contribution is -2.35. The fraction of sp³-hybridized carbons (Fsp3) is 0.588. The number of rotatable bonds is 5. The molecule has 1 amide bonds. The average molecular weight is 321 g/mol. The van der Waals surface area contributed by atoms with E-state index in [4.69, 9.17) is 18.9 Å². The monoisotopic (exact) mass is 321 g/mol. The lowest BCUT2D eigenvalue weighted by Gasteiger charge is -2.22. The Hall–Kier alpha value is -1.79. The van der Waals surface area contributed by atoms with E-state index in [0.717, 1.165) is 25.7 Å². The van der Waals surface area contributed by atoms with Crippen molar-refractivity contribution >= 4 is 5.91 Å². The molecule has 1 heterocycles. The molecule has 1 spiro atoms. The van der Waals surface area contributed by atoms with Crippen LogP contribution in [0.4, 0.5) is 0 Å². The van der Waals surface area contributed by atoms with E-state index >= 15 is 0 Å². The number of hydrogen-bond acceptors (Lipinski definition) is 5. The van der Waals surface area contributed by atoms with Gasteiger partial charge in [-0.25, -0.2) is 0 Å². The summed E-state index contributed by atoms with van der Waals surface area (Å²) in [6.45, 7) is 0.973. The van der Waals surface area contributed by atoms with Crippen LogP contribution in [0.2, 0.25) is 0 Å². The van der Waals surface area contributed by atoms with Crippen molar-refractivity contribution in [2.45, 2.75) is 37.6 Å². The maximum absolute atomic E-state index is 12.3. The van der Waals surface area contributed by atoms with E-state index < -0.39 is 5.79 Å². The van der Waals surface area contributed by atoms with Gasteiger partial charge in [-0.15, -0.1) is 0 Å². The van der Waals surface area contributed by atoms with E-state index in [1.807, 2.05) is 0 Å². The highest BCUT2D eigenvalue weighted by Gasteiger charge is 2.43. The van der Waals surface area contributed by atoms with Crippen LogP contribution >= 0.6 is 0 Å². The predicted molar refractivity (Wildman–Crippen MR) is 83.9 cm³/mol. The first kappa shape index (κ1) is 16.1. The summed E-state index contributed by atoms with van der Waals surface area (Å²) in [7, 11) is 3.11. The van der Waals surface area contributed by atoms with Gasteiger partial charge in [-0.3, -0.25) is 4.79 Å². The second kappa shape index (κ2) is 6.76. The molecule has 6 heteroatoms. The molecule has 3 rings (SSSR count). The second-order valence-corrected chi connectivity index (χ2v) is 5.95. The first-order chi connectivity index (χ1) is 11.2. The Labute approximate surface area is 136 Å². The summed E-state index contributed by atoms with van der Waals surface area (Å²) in [6, 6.07) is 5.09. The molecule has 23 heavy (non-hydrogen) atoms. The molecule has 2 aliphatic rings. The van der Waals surface area contributed by atoms with Crippen molar-refractivity contribution in [2.75, 3.05) is 27.4 Å². The third-order valence-corrected chi connectivity index (χ3v) is 4.42. The van der Waals surface area contributed by atoms with Gasteiger partial charge in [0.15, 0.2) is 17.3 Å². The number of nitrogens with one attached hydrogen (secondary N) is 1. The van der Waals surface area contributed by atoms with Gasteiger partial charge in [0.25, 0.3) is 5.91 Å². The van der Waals surface area contributed by atoms with Crippen LogP contribution in [0.1, 0.15) is 36.0 Å². The van der Waals surface area contributed by atoms with Gasteiger partial charge >= 0.3 is 0 Å². The Bertz CT molecular complexity index is 568. The lowest BCUT2D eigenvalue weighted by molar-refractivity contribution is -0.161. The number of methoxy groups -OCH3 is 2. The smallest absolute Gasteiger partial charge is 0.251 e. The highest BCUT2D eigenvalue weighted by Crippen LogP contribution is 2.39. The quantitative estimate of drug-likeness (QED) is 0.900. The molecule has 126 valence electrons. The Balaban J connectivity index is 1.55. The molecule has 0 aromatic heterocycles. The minimum atomic E-state index is -0.390. The largest absolute Gasteiger partial charge is 0.493 e. The molecule has 0 unspecified atom stereocenters. The molecule has 1 N–H and O–H groups in total. The molecular formula is C17H23NO5. The van der Waals surface area contributed by atoms with Crippen LogP contribution in [-0.4, -0.2) is 45.2 Å². The van der Waals surface area contributed by atoms with Crippen LogP contribution in [0.15, 0.2) is 18.2 Å². The van der Waals surface area contributed by atoms with Crippen molar-refractivity contribution < 1.29 is 23.7 Å². The van der Waals surface area contributed by atoms with Gasteiger partial charge < -0.3 is 24.3 Å². The molecule has 1 aliphatic carbocycles. The van der Waals surface area contributed by atoms with Gasteiger partial charge in [0, 0.05) is 24.9 Å². The molecule has 1 aliphatic heterocycles.